The number of amides is 1. The van der Waals surface area contributed by atoms with Crippen molar-refractivity contribution < 1.29 is 9.32 Å². The van der Waals surface area contributed by atoms with Gasteiger partial charge in [-0.05, 0) is 38.1 Å². The molecule has 3 aromatic heterocycles. The van der Waals surface area contributed by atoms with Crippen LogP contribution in [0.1, 0.15) is 39.8 Å². The van der Waals surface area contributed by atoms with Crippen molar-refractivity contribution in [3.05, 3.63) is 70.7 Å². The van der Waals surface area contributed by atoms with Crippen LogP contribution < -0.4 is 0 Å². The predicted molar refractivity (Wildman–Crippen MR) is 131 cm³/mol. The van der Waals surface area contributed by atoms with Crippen molar-refractivity contribution in [3.63, 3.8) is 0 Å². The molecule has 1 fully saturated rings. The van der Waals surface area contributed by atoms with Gasteiger partial charge in [-0.25, -0.2) is 9.97 Å². The smallest absolute Gasteiger partial charge is 0.256 e. The zero-order valence-electron chi connectivity index (χ0n) is 18.6. The lowest BCUT2D eigenvalue weighted by Crippen LogP contribution is -2.49. The summed E-state index contributed by atoms with van der Waals surface area (Å²) >= 11 is 3.27. The van der Waals surface area contributed by atoms with Crippen molar-refractivity contribution in [2.75, 3.05) is 26.2 Å². The second kappa shape index (κ2) is 9.62. The van der Waals surface area contributed by atoms with Crippen molar-refractivity contribution >= 4 is 39.2 Å². The maximum atomic E-state index is 13.3. The maximum absolute atomic E-state index is 13.3. The number of carbonyl (C=O) groups excluding carboxylic acids is 1. The Labute approximate surface area is 200 Å². The lowest BCUT2D eigenvalue weighted by atomic mass is 10.2. The molecular formula is C24H25N5O2S2. The Kier molecular flexibility index (Phi) is 6.43. The van der Waals surface area contributed by atoms with E-state index >= 15 is 0 Å². The quantitative estimate of drug-likeness (QED) is 0.368. The fourth-order valence-electron chi connectivity index (χ4n) is 4.00. The molecule has 1 aliphatic heterocycles. The molecule has 4 aromatic rings. The van der Waals surface area contributed by atoms with Crippen molar-refractivity contribution in [1.29, 1.82) is 0 Å². The van der Waals surface area contributed by atoms with Crippen LogP contribution >= 0.6 is 23.1 Å². The van der Waals surface area contributed by atoms with Gasteiger partial charge < -0.3 is 9.42 Å². The van der Waals surface area contributed by atoms with E-state index in [0.29, 0.717) is 24.4 Å². The van der Waals surface area contributed by atoms with Crippen LogP contribution in [0, 0.1) is 6.92 Å². The van der Waals surface area contributed by atoms with Gasteiger partial charge >= 0.3 is 0 Å². The molecular weight excluding hydrogens is 454 g/mol. The summed E-state index contributed by atoms with van der Waals surface area (Å²) in [4.78, 5) is 26.9. The van der Waals surface area contributed by atoms with E-state index in [1.165, 1.54) is 16.5 Å². The van der Waals surface area contributed by atoms with Crippen molar-refractivity contribution in [2.24, 2.45) is 0 Å². The minimum absolute atomic E-state index is 0.0363. The third-order valence-corrected chi connectivity index (χ3v) is 8.10. The van der Waals surface area contributed by atoms with E-state index in [0.717, 1.165) is 40.1 Å². The van der Waals surface area contributed by atoms with Crippen molar-refractivity contribution in [2.45, 2.75) is 30.7 Å². The molecule has 33 heavy (non-hydrogen) atoms. The maximum Gasteiger partial charge on any atom is 0.256 e. The highest BCUT2D eigenvalue weighted by atomic mass is 32.2. The third-order valence-electron chi connectivity index (χ3n) is 5.85. The van der Waals surface area contributed by atoms with Crippen LogP contribution in [0.15, 0.2) is 58.2 Å². The van der Waals surface area contributed by atoms with Crippen LogP contribution in [-0.2, 0) is 5.75 Å². The molecule has 0 N–H and O–H groups in total. The second-order valence-electron chi connectivity index (χ2n) is 8.10. The number of fused-ring (bicyclic) bond motifs is 1. The van der Waals surface area contributed by atoms with Crippen molar-refractivity contribution in [3.8, 4) is 0 Å². The van der Waals surface area contributed by atoms with Gasteiger partial charge in [-0.2, -0.15) is 0 Å². The molecule has 7 nitrogen and oxygen atoms in total. The Hall–Kier alpha value is -2.75. The van der Waals surface area contributed by atoms with Crippen LogP contribution in [0.4, 0.5) is 0 Å². The molecule has 1 aromatic carbocycles. The summed E-state index contributed by atoms with van der Waals surface area (Å²) in [6, 6.07) is 14.1. The van der Waals surface area contributed by atoms with E-state index in [1.807, 2.05) is 36.1 Å². The molecule has 4 heterocycles. The van der Waals surface area contributed by atoms with Gasteiger partial charge in [0, 0.05) is 44.2 Å². The van der Waals surface area contributed by atoms with Crippen molar-refractivity contribution in [1.82, 2.24) is 24.9 Å². The number of nitrogens with zero attached hydrogens (tertiary/aromatic N) is 5. The molecule has 1 saturated heterocycles. The normalized spacial score (nSPS) is 15.8. The minimum atomic E-state index is 0.0363. The Balaban J connectivity index is 1.22. The molecule has 1 aliphatic rings. The van der Waals surface area contributed by atoms with Gasteiger partial charge in [-0.3, -0.25) is 9.69 Å². The van der Waals surface area contributed by atoms with Gasteiger partial charge in [-0.15, -0.1) is 11.3 Å². The lowest BCUT2D eigenvalue weighted by molar-refractivity contribution is 0.0578. The molecule has 0 radical (unpaired) electrons. The SMILES string of the molecule is Cc1cc(CSc2ncccc2C(=O)N2CCN(C(C)c3nc4ccccc4s3)CC2)no1. The van der Waals surface area contributed by atoms with Gasteiger partial charge in [0.2, 0.25) is 0 Å². The molecule has 0 saturated carbocycles. The molecule has 1 atom stereocenters. The van der Waals surface area contributed by atoms with Crippen LogP contribution in [-0.4, -0.2) is 57.0 Å². The van der Waals surface area contributed by atoms with Gasteiger partial charge in [0.15, 0.2) is 0 Å². The van der Waals surface area contributed by atoms with Crippen LogP contribution in [0.3, 0.4) is 0 Å². The molecule has 0 bridgehead atoms. The first-order chi connectivity index (χ1) is 16.1. The van der Waals surface area contributed by atoms with Gasteiger partial charge in [-0.1, -0.05) is 29.1 Å². The van der Waals surface area contributed by atoms with E-state index in [9.17, 15) is 4.79 Å². The fraction of sp³-hybridized carbons (Fsp3) is 0.333. The number of aromatic nitrogens is 3. The molecule has 0 aliphatic carbocycles. The third kappa shape index (κ3) is 4.80. The van der Waals surface area contributed by atoms with E-state index in [2.05, 4.69) is 40.2 Å². The minimum Gasteiger partial charge on any atom is -0.361 e. The number of thioether (sulfide) groups is 1. The number of hydrogen-bond donors (Lipinski definition) is 0. The first-order valence-electron chi connectivity index (χ1n) is 11.0. The van der Waals surface area contributed by atoms with E-state index in [1.54, 1.807) is 17.5 Å². The summed E-state index contributed by atoms with van der Waals surface area (Å²) in [6.45, 7) is 7.10. The summed E-state index contributed by atoms with van der Waals surface area (Å²) in [7, 11) is 0. The summed E-state index contributed by atoms with van der Waals surface area (Å²) in [5.41, 5.74) is 2.55. The monoisotopic (exact) mass is 479 g/mol. The van der Waals surface area contributed by atoms with E-state index in [-0.39, 0.29) is 11.9 Å². The van der Waals surface area contributed by atoms with Crippen LogP contribution in [0.2, 0.25) is 0 Å². The zero-order valence-corrected chi connectivity index (χ0v) is 20.2. The number of rotatable bonds is 6. The number of benzene rings is 1. The standard InChI is InChI=1S/C24H25N5O2S2/c1-16-14-18(27-31-16)15-32-23-19(6-5-9-25-23)24(30)29-12-10-28(11-13-29)17(2)22-26-20-7-3-4-8-21(20)33-22/h3-9,14,17H,10-13,15H2,1-2H3. The summed E-state index contributed by atoms with van der Waals surface area (Å²) in [6.07, 6.45) is 1.73. The number of para-hydroxylation sites is 1. The summed E-state index contributed by atoms with van der Waals surface area (Å²) in [5, 5.41) is 5.89. The number of thiazole rings is 1. The molecule has 9 heteroatoms. The molecule has 170 valence electrons. The lowest BCUT2D eigenvalue weighted by Gasteiger charge is -2.37. The number of carbonyl (C=O) groups is 1. The topological polar surface area (TPSA) is 75.4 Å². The van der Waals surface area contributed by atoms with E-state index < -0.39 is 0 Å². The largest absolute Gasteiger partial charge is 0.361 e. The predicted octanol–water partition coefficient (Wildman–Crippen LogP) is 4.80. The van der Waals surface area contributed by atoms with Gasteiger partial charge in [0.25, 0.3) is 5.91 Å². The molecule has 5 rings (SSSR count). The average Bonchev–Trinajstić information content (AvgIpc) is 3.48. The summed E-state index contributed by atoms with van der Waals surface area (Å²) < 4.78 is 6.35. The Bertz CT molecular complexity index is 1230. The van der Waals surface area contributed by atoms with Gasteiger partial charge in [0.05, 0.1) is 27.5 Å². The Morgan fingerprint density at radius 3 is 2.76 bits per heavy atom. The van der Waals surface area contributed by atoms with Crippen LogP contribution in [0.25, 0.3) is 10.2 Å². The molecule has 0 spiro atoms. The van der Waals surface area contributed by atoms with E-state index in [4.69, 9.17) is 9.51 Å². The number of aryl methyl sites for hydroxylation is 1. The first kappa shape index (κ1) is 22.1. The zero-order chi connectivity index (χ0) is 22.8. The number of pyridine rings is 1. The number of hydrogen-bond acceptors (Lipinski definition) is 8. The van der Waals surface area contributed by atoms with Crippen LogP contribution in [0.5, 0.6) is 0 Å². The average molecular weight is 480 g/mol. The number of piperazine rings is 1. The Morgan fingerprint density at radius 2 is 2.00 bits per heavy atom. The highest BCUT2D eigenvalue weighted by molar-refractivity contribution is 7.98. The van der Waals surface area contributed by atoms with Gasteiger partial charge in [0.1, 0.15) is 15.8 Å². The molecule has 1 unspecified atom stereocenters. The Morgan fingerprint density at radius 1 is 1.18 bits per heavy atom. The highest BCUT2D eigenvalue weighted by Gasteiger charge is 2.28. The summed E-state index contributed by atoms with van der Waals surface area (Å²) in [5.74, 6) is 1.43. The molecule has 1 amide bonds. The second-order valence-corrected chi connectivity index (χ2v) is 10.1. The highest BCUT2D eigenvalue weighted by Crippen LogP contribution is 2.30. The fourth-order valence-corrected chi connectivity index (χ4v) is 5.93. The first-order valence-corrected chi connectivity index (χ1v) is 12.8.